The average molecular weight is 284 g/mol. The first-order valence-electron chi connectivity index (χ1n) is 5.35. The summed E-state index contributed by atoms with van der Waals surface area (Å²) < 4.78 is 19.7. The van der Waals surface area contributed by atoms with Crippen LogP contribution in [-0.4, -0.2) is 33.7 Å². The normalized spacial score (nSPS) is 12.3. The molecule has 8 heteroatoms. The molecule has 0 aromatic heterocycles. The van der Waals surface area contributed by atoms with Crippen LogP contribution < -0.4 is 0 Å². The van der Waals surface area contributed by atoms with Gasteiger partial charge >= 0.3 is 5.97 Å². The van der Waals surface area contributed by atoms with Crippen molar-refractivity contribution in [1.29, 1.82) is 0 Å². The molecule has 1 rings (SSSR count). The van der Waals surface area contributed by atoms with Crippen molar-refractivity contribution in [2.24, 2.45) is 4.40 Å². The molecule has 0 aliphatic rings. The van der Waals surface area contributed by atoms with E-state index in [0.29, 0.717) is 5.56 Å². The molecule has 0 saturated carbocycles. The Morgan fingerprint density at radius 2 is 2.11 bits per heavy atom. The number of esters is 1. The summed E-state index contributed by atoms with van der Waals surface area (Å²) in [6, 6.07) is 5.58. The third kappa shape index (κ3) is 5.38. The van der Waals surface area contributed by atoms with Crippen LogP contribution in [0.1, 0.15) is 12.5 Å². The minimum atomic E-state index is -1.71. The lowest BCUT2D eigenvalue weighted by atomic mass is 10.2. The second-order valence-corrected chi connectivity index (χ2v) is 4.50. The average Bonchev–Trinajstić information content (AvgIpc) is 2.37. The summed E-state index contributed by atoms with van der Waals surface area (Å²) in [6.07, 6.45) is 1.29. The Labute approximate surface area is 112 Å². The van der Waals surface area contributed by atoms with Crippen molar-refractivity contribution in [3.05, 3.63) is 39.9 Å². The first-order valence-corrected chi connectivity index (χ1v) is 6.63. The van der Waals surface area contributed by atoms with Gasteiger partial charge in [0, 0.05) is 18.3 Å². The van der Waals surface area contributed by atoms with Gasteiger partial charge in [0.25, 0.3) is 5.69 Å². The molecule has 7 nitrogen and oxygen atoms in total. The minimum Gasteiger partial charge on any atom is -0.465 e. The third-order valence-electron chi connectivity index (χ3n) is 1.97. The molecule has 0 fully saturated rings. The number of benzene rings is 1. The lowest BCUT2D eigenvalue weighted by molar-refractivity contribution is -0.384. The summed E-state index contributed by atoms with van der Waals surface area (Å²) in [5.41, 5.74) is 0.521. The summed E-state index contributed by atoms with van der Waals surface area (Å²) >= 11 is 0. The molecule has 102 valence electrons. The fourth-order valence-corrected chi connectivity index (χ4v) is 1.74. The number of nitro benzene ring substituents is 1. The fourth-order valence-electron chi connectivity index (χ4n) is 1.14. The SMILES string of the molecule is CCOC(=O)C[S@@](=O)/N=C/c1ccc([N+](=O)[O-])cc1. The van der Waals surface area contributed by atoms with Crippen LogP contribution in [0, 0.1) is 10.1 Å². The highest BCUT2D eigenvalue weighted by Gasteiger charge is 2.07. The number of ether oxygens (including phenoxy) is 1. The van der Waals surface area contributed by atoms with Crippen LogP contribution in [0.5, 0.6) is 0 Å². The zero-order chi connectivity index (χ0) is 14.3. The van der Waals surface area contributed by atoms with Crippen LogP contribution in [0.3, 0.4) is 0 Å². The molecule has 1 aromatic carbocycles. The molecule has 0 heterocycles. The zero-order valence-corrected chi connectivity index (χ0v) is 11.0. The molecule has 0 bridgehead atoms. The van der Waals surface area contributed by atoms with E-state index in [-0.39, 0.29) is 18.0 Å². The lowest BCUT2D eigenvalue weighted by Gasteiger charge is -1.98. The van der Waals surface area contributed by atoms with Crippen LogP contribution in [0.4, 0.5) is 5.69 Å². The number of hydrogen-bond donors (Lipinski definition) is 0. The summed E-state index contributed by atoms with van der Waals surface area (Å²) in [7, 11) is -1.71. The number of carbonyl (C=O) groups excluding carboxylic acids is 1. The van der Waals surface area contributed by atoms with Crippen LogP contribution in [0.15, 0.2) is 28.7 Å². The van der Waals surface area contributed by atoms with Gasteiger partial charge in [0.15, 0.2) is 11.0 Å². The second kappa shape index (κ2) is 7.37. The first kappa shape index (κ1) is 15.0. The predicted molar refractivity (Wildman–Crippen MR) is 70.3 cm³/mol. The maximum Gasteiger partial charge on any atom is 0.320 e. The van der Waals surface area contributed by atoms with Crippen molar-refractivity contribution in [3.63, 3.8) is 0 Å². The van der Waals surface area contributed by atoms with Gasteiger partial charge in [-0.3, -0.25) is 14.9 Å². The fraction of sp³-hybridized carbons (Fsp3) is 0.273. The van der Waals surface area contributed by atoms with Gasteiger partial charge in [-0.15, -0.1) is 0 Å². The zero-order valence-electron chi connectivity index (χ0n) is 10.1. The topological polar surface area (TPSA) is 98.9 Å². The largest absolute Gasteiger partial charge is 0.465 e. The Morgan fingerprint density at radius 1 is 1.47 bits per heavy atom. The van der Waals surface area contributed by atoms with Crippen LogP contribution in [-0.2, 0) is 20.5 Å². The molecule has 0 saturated heterocycles. The van der Waals surface area contributed by atoms with Crippen molar-refractivity contribution in [3.8, 4) is 0 Å². The standard InChI is InChI=1S/C11H12N2O5S/c1-2-18-11(14)8-19(17)12-7-9-3-5-10(6-4-9)13(15)16/h3-7H,2,8H2,1H3/b12-7+/t19-/m1/s1. The van der Waals surface area contributed by atoms with Gasteiger partial charge in [0.05, 0.1) is 11.5 Å². The van der Waals surface area contributed by atoms with Crippen molar-refractivity contribution < 1.29 is 18.7 Å². The maximum atomic E-state index is 11.4. The highest BCUT2D eigenvalue weighted by Crippen LogP contribution is 2.10. The number of non-ortho nitro benzene ring substituents is 1. The number of rotatable bonds is 6. The van der Waals surface area contributed by atoms with Gasteiger partial charge in [0.1, 0.15) is 5.75 Å². The van der Waals surface area contributed by atoms with Crippen LogP contribution in [0.25, 0.3) is 0 Å². The quantitative estimate of drug-likeness (QED) is 0.339. The van der Waals surface area contributed by atoms with Gasteiger partial charge in [-0.1, -0.05) is 0 Å². The van der Waals surface area contributed by atoms with Crippen LogP contribution >= 0.6 is 0 Å². The van der Waals surface area contributed by atoms with E-state index in [0.717, 1.165) is 0 Å². The molecule has 0 radical (unpaired) electrons. The van der Waals surface area contributed by atoms with Crippen molar-refractivity contribution in [2.45, 2.75) is 6.92 Å². The highest BCUT2D eigenvalue weighted by atomic mass is 32.2. The Hall–Kier alpha value is -2.09. The van der Waals surface area contributed by atoms with E-state index in [2.05, 4.69) is 9.13 Å². The lowest BCUT2D eigenvalue weighted by Crippen LogP contribution is -2.12. The monoisotopic (exact) mass is 284 g/mol. The van der Waals surface area contributed by atoms with Gasteiger partial charge in [-0.05, 0) is 24.6 Å². The first-order chi connectivity index (χ1) is 9.02. The number of nitrogens with zero attached hydrogens (tertiary/aromatic N) is 2. The molecule has 0 aliphatic heterocycles. The number of carbonyl (C=O) groups is 1. The van der Waals surface area contributed by atoms with Crippen molar-refractivity contribution in [2.75, 3.05) is 12.4 Å². The van der Waals surface area contributed by atoms with Gasteiger partial charge in [0.2, 0.25) is 0 Å². The van der Waals surface area contributed by atoms with E-state index >= 15 is 0 Å². The van der Waals surface area contributed by atoms with E-state index in [1.54, 1.807) is 6.92 Å². The van der Waals surface area contributed by atoms with E-state index in [4.69, 9.17) is 0 Å². The molecule has 0 unspecified atom stereocenters. The Balaban J connectivity index is 2.58. The van der Waals surface area contributed by atoms with Crippen molar-refractivity contribution >= 4 is 28.9 Å². The van der Waals surface area contributed by atoms with Crippen molar-refractivity contribution in [1.82, 2.24) is 0 Å². The molecule has 1 atom stereocenters. The second-order valence-electron chi connectivity index (χ2n) is 3.35. The van der Waals surface area contributed by atoms with Crippen LogP contribution in [0.2, 0.25) is 0 Å². The molecule has 0 amide bonds. The van der Waals surface area contributed by atoms with E-state index in [9.17, 15) is 19.1 Å². The predicted octanol–water partition coefficient (Wildman–Crippen LogP) is 1.24. The molecule has 0 spiro atoms. The van der Waals surface area contributed by atoms with E-state index < -0.39 is 21.9 Å². The number of hydrogen-bond acceptors (Lipinski definition) is 5. The minimum absolute atomic E-state index is 0.0372. The maximum absolute atomic E-state index is 11.4. The van der Waals surface area contributed by atoms with E-state index in [1.807, 2.05) is 0 Å². The highest BCUT2D eigenvalue weighted by molar-refractivity contribution is 7.84. The summed E-state index contributed by atoms with van der Waals surface area (Å²) in [4.78, 5) is 20.9. The van der Waals surface area contributed by atoms with Gasteiger partial charge < -0.3 is 4.74 Å². The third-order valence-corrected chi connectivity index (χ3v) is 2.79. The smallest absolute Gasteiger partial charge is 0.320 e. The Kier molecular flexibility index (Phi) is 5.80. The molecule has 0 N–H and O–H groups in total. The molecular weight excluding hydrogens is 272 g/mol. The summed E-state index contributed by atoms with van der Waals surface area (Å²) in [5.74, 6) is -0.890. The molecule has 19 heavy (non-hydrogen) atoms. The Morgan fingerprint density at radius 3 is 2.63 bits per heavy atom. The van der Waals surface area contributed by atoms with Gasteiger partial charge in [-0.2, -0.15) is 4.40 Å². The van der Waals surface area contributed by atoms with Gasteiger partial charge in [-0.25, -0.2) is 4.21 Å². The number of nitro groups is 1. The molecule has 0 aliphatic carbocycles. The molecular formula is C11H12N2O5S. The molecule has 1 aromatic rings. The summed E-state index contributed by atoms with van der Waals surface area (Å²) in [6.45, 7) is 1.88. The Bertz CT molecular complexity index is 512. The summed E-state index contributed by atoms with van der Waals surface area (Å²) in [5, 5.41) is 10.4. The van der Waals surface area contributed by atoms with E-state index in [1.165, 1.54) is 30.5 Å².